The number of rotatable bonds is 2. The van der Waals surface area contributed by atoms with Crippen molar-refractivity contribution in [3.8, 4) is 0 Å². The molecular weight excluding hydrogens is 186 g/mol. The fraction of sp³-hybridized carbons (Fsp3) is 0.538. The van der Waals surface area contributed by atoms with Gasteiger partial charge >= 0.3 is 0 Å². The van der Waals surface area contributed by atoms with Gasteiger partial charge in [-0.05, 0) is 18.4 Å². The predicted molar refractivity (Wildman–Crippen MR) is 61.4 cm³/mol. The molecule has 1 aromatic carbocycles. The van der Waals surface area contributed by atoms with Gasteiger partial charge in [-0.25, -0.2) is 0 Å². The first-order chi connectivity index (χ1) is 7.22. The van der Waals surface area contributed by atoms with Gasteiger partial charge in [-0.2, -0.15) is 0 Å². The van der Waals surface area contributed by atoms with Crippen molar-refractivity contribution in [1.29, 1.82) is 0 Å². The Kier molecular flexibility index (Phi) is 3.08. The van der Waals surface area contributed by atoms with Crippen molar-refractivity contribution < 1.29 is 5.11 Å². The lowest BCUT2D eigenvalue weighted by molar-refractivity contribution is 0.0587. The van der Waals surface area contributed by atoms with Crippen LogP contribution in [0.15, 0.2) is 30.3 Å². The van der Waals surface area contributed by atoms with E-state index in [1.165, 1.54) is 6.42 Å². The highest BCUT2D eigenvalue weighted by molar-refractivity contribution is 5.21. The van der Waals surface area contributed by atoms with Crippen LogP contribution < -0.4 is 5.73 Å². The molecule has 0 heterocycles. The molecule has 1 aliphatic carbocycles. The van der Waals surface area contributed by atoms with Crippen molar-refractivity contribution in [2.75, 3.05) is 0 Å². The molecule has 1 aromatic rings. The van der Waals surface area contributed by atoms with E-state index < -0.39 is 11.6 Å². The van der Waals surface area contributed by atoms with Crippen molar-refractivity contribution in [1.82, 2.24) is 0 Å². The maximum Gasteiger partial charge on any atom is 0.0969 e. The summed E-state index contributed by atoms with van der Waals surface area (Å²) < 4.78 is 0. The van der Waals surface area contributed by atoms with E-state index in [-0.39, 0.29) is 0 Å². The van der Waals surface area contributed by atoms with Crippen molar-refractivity contribution in [2.24, 2.45) is 5.73 Å². The van der Waals surface area contributed by atoms with Crippen LogP contribution in [0.5, 0.6) is 0 Å². The average molecular weight is 205 g/mol. The number of hydrogen-bond acceptors (Lipinski definition) is 2. The maximum absolute atomic E-state index is 10.3. The van der Waals surface area contributed by atoms with Crippen LogP contribution >= 0.6 is 0 Å². The number of benzene rings is 1. The van der Waals surface area contributed by atoms with Crippen molar-refractivity contribution >= 4 is 0 Å². The Morgan fingerprint density at radius 1 is 1.07 bits per heavy atom. The van der Waals surface area contributed by atoms with E-state index >= 15 is 0 Å². The van der Waals surface area contributed by atoms with E-state index in [9.17, 15) is 5.11 Å². The van der Waals surface area contributed by atoms with Gasteiger partial charge < -0.3 is 10.8 Å². The van der Waals surface area contributed by atoms with Gasteiger partial charge in [0, 0.05) is 5.54 Å². The molecule has 1 unspecified atom stereocenters. The Morgan fingerprint density at radius 2 is 1.67 bits per heavy atom. The molecule has 0 radical (unpaired) electrons. The Labute approximate surface area is 91.1 Å². The summed E-state index contributed by atoms with van der Waals surface area (Å²) in [6.45, 7) is 0. The molecule has 0 amide bonds. The van der Waals surface area contributed by atoms with Gasteiger partial charge in [-0.15, -0.1) is 0 Å². The first kappa shape index (κ1) is 10.7. The molecule has 0 aromatic heterocycles. The third-order valence-corrected chi connectivity index (χ3v) is 3.44. The quantitative estimate of drug-likeness (QED) is 0.778. The molecule has 0 aliphatic heterocycles. The summed E-state index contributed by atoms with van der Waals surface area (Å²) in [7, 11) is 0. The Bertz CT molecular complexity index is 304. The molecule has 82 valence electrons. The van der Waals surface area contributed by atoms with Crippen molar-refractivity contribution in [3.63, 3.8) is 0 Å². The van der Waals surface area contributed by atoms with Crippen LogP contribution in [-0.4, -0.2) is 10.6 Å². The van der Waals surface area contributed by atoms with Crippen LogP contribution in [0.3, 0.4) is 0 Å². The van der Waals surface area contributed by atoms with Gasteiger partial charge in [0.2, 0.25) is 0 Å². The molecule has 0 bridgehead atoms. The van der Waals surface area contributed by atoms with E-state index in [2.05, 4.69) is 0 Å². The van der Waals surface area contributed by atoms with E-state index in [4.69, 9.17) is 5.73 Å². The molecule has 1 fully saturated rings. The largest absolute Gasteiger partial charge is 0.386 e. The van der Waals surface area contributed by atoms with Gasteiger partial charge in [-0.1, -0.05) is 49.6 Å². The molecule has 1 saturated carbocycles. The molecule has 0 spiro atoms. The van der Waals surface area contributed by atoms with Gasteiger partial charge in [-0.3, -0.25) is 0 Å². The molecular formula is C13H19NO. The lowest BCUT2D eigenvalue weighted by atomic mass is 9.76. The standard InChI is InChI=1S/C13H19NO/c14-13(9-5-2-6-10-13)12(15)11-7-3-1-4-8-11/h1,3-4,7-8,12,15H,2,5-6,9-10,14H2. The van der Waals surface area contributed by atoms with E-state index in [1.807, 2.05) is 30.3 Å². The van der Waals surface area contributed by atoms with Gasteiger partial charge in [0.1, 0.15) is 0 Å². The smallest absolute Gasteiger partial charge is 0.0969 e. The SMILES string of the molecule is NC1(C(O)c2ccccc2)CCCCC1. The second-order valence-corrected chi connectivity index (χ2v) is 4.61. The summed E-state index contributed by atoms with van der Waals surface area (Å²) in [6, 6.07) is 9.76. The van der Waals surface area contributed by atoms with Gasteiger partial charge in [0.25, 0.3) is 0 Å². The second-order valence-electron chi connectivity index (χ2n) is 4.61. The fourth-order valence-electron chi connectivity index (χ4n) is 2.45. The van der Waals surface area contributed by atoms with Crippen LogP contribution in [0.4, 0.5) is 0 Å². The molecule has 2 heteroatoms. The monoisotopic (exact) mass is 205 g/mol. The third-order valence-electron chi connectivity index (χ3n) is 3.44. The molecule has 15 heavy (non-hydrogen) atoms. The van der Waals surface area contributed by atoms with Crippen molar-refractivity contribution in [2.45, 2.75) is 43.7 Å². The first-order valence-electron chi connectivity index (χ1n) is 5.74. The summed E-state index contributed by atoms with van der Waals surface area (Å²) in [6.07, 6.45) is 4.88. The van der Waals surface area contributed by atoms with Crippen LogP contribution in [-0.2, 0) is 0 Å². The van der Waals surface area contributed by atoms with E-state index in [1.54, 1.807) is 0 Å². The molecule has 2 rings (SSSR count). The minimum atomic E-state index is -0.515. The molecule has 0 saturated heterocycles. The van der Waals surface area contributed by atoms with Gasteiger partial charge in [0.15, 0.2) is 0 Å². The summed E-state index contributed by atoms with van der Waals surface area (Å²) in [5.41, 5.74) is 6.83. The minimum Gasteiger partial charge on any atom is -0.386 e. The van der Waals surface area contributed by atoms with Crippen molar-refractivity contribution in [3.05, 3.63) is 35.9 Å². The maximum atomic E-state index is 10.3. The predicted octanol–water partition coefficient (Wildman–Crippen LogP) is 2.38. The van der Waals surface area contributed by atoms with Crippen LogP contribution in [0.25, 0.3) is 0 Å². The summed E-state index contributed by atoms with van der Waals surface area (Å²) >= 11 is 0. The number of nitrogens with two attached hydrogens (primary N) is 1. The number of hydrogen-bond donors (Lipinski definition) is 2. The van der Waals surface area contributed by atoms with E-state index in [0.29, 0.717) is 0 Å². The minimum absolute atomic E-state index is 0.403. The lowest BCUT2D eigenvalue weighted by Gasteiger charge is -2.37. The summed E-state index contributed by atoms with van der Waals surface area (Å²) in [4.78, 5) is 0. The third kappa shape index (κ3) is 2.21. The van der Waals surface area contributed by atoms with Crippen LogP contribution in [0.1, 0.15) is 43.8 Å². The fourth-order valence-corrected chi connectivity index (χ4v) is 2.45. The summed E-state index contributed by atoms with van der Waals surface area (Å²) in [5, 5.41) is 10.3. The summed E-state index contributed by atoms with van der Waals surface area (Å²) in [5.74, 6) is 0. The first-order valence-corrected chi connectivity index (χ1v) is 5.74. The van der Waals surface area contributed by atoms with E-state index in [0.717, 1.165) is 31.2 Å². The highest BCUT2D eigenvalue weighted by atomic mass is 16.3. The molecule has 2 nitrogen and oxygen atoms in total. The Balaban J connectivity index is 2.16. The normalized spacial score (nSPS) is 22.3. The van der Waals surface area contributed by atoms with Crippen LogP contribution in [0, 0.1) is 0 Å². The zero-order chi connectivity index (χ0) is 10.7. The Morgan fingerprint density at radius 3 is 2.27 bits per heavy atom. The number of aliphatic hydroxyl groups is 1. The number of aliphatic hydroxyl groups excluding tert-OH is 1. The Hall–Kier alpha value is -0.860. The van der Waals surface area contributed by atoms with Crippen LogP contribution in [0.2, 0.25) is 0 Å². The highest BCUT2D eigenvalue weighted by Crippen LogP contribution is 2.36. The van der Waals surface area contributed by atoms with Gasteiger partial charge in [0.05, 0.1) is 6.10 Å². The molecule has 3 N–H and O–H groups in total. The molecule has 1 atom stereocenters. The highest BCUT2D eigenvalue weighted by Gasteiger charge is 2.35. The lowest BCUT2D eigenvalue weighted by Crippen LogP contribution is -2.47. The molecule has 1 aliphatic rings. The average Bonchev–Trinajstić information content (AvgIpc) is 2.30. The zero-order valence-corrected chi connectivity index (χ0v) is 9.02. The zero-order valence-electron chi connectivity index (χ0n) is 9.02. The second kappa shape index (κ2) is 4.33. The topological polar surface area (TPSA) is 46.2 Å².